The van der Waals surface area contributed by atoms with Crippen molar-refractivity contribution < 1.29 is 49.3 Å². The van der Waals surface area contributed by atoms with Crippen LogP contribution in [0.15, 0.2) is 24.3 Å². The van der Waals surface area contributed by atoms with Crippen molar-refractivity contribution >= 4 is 11.9 Å². The summed E-state index contributed by atoms with van der Waals surface area (Å²) in [6, 6.07) is -1.02. The number of amides is 1. The molecule has 1 rings (SSSR count). The van der Waals surface area contributed by atoms with Crippen molar-refractivity contribution in [1.82, 2.24) is 5.32 Å². The number of hydrogen-bond donors (Lipinski definition) is 6. The highest BCUT2D eigenvalue weighted by Crippen LogP contribution is 2.26. The van der Waals surface area contributed by atoms with E-state index in [1.165, 1.54) is 250 Å². The van der Waals surface area contributed by atoms with Crippen LogP contribution in [0.3, 0.4) is 0 Å². The van der Waals surface area contributed by atoms with Gasteiger partial charge in [0, 0.05) is 6.42 Å². The van der Waals surface area contributed by atoms with Crippen LogP contribution in [0.1, 0.15) is 355 Å². The van der Waals surface area contributed by atoms with Crippen LogP contribution in [0.25, 0.3) is 0 Å². The summed E-state index contributed by atoms with van der Waals surface area (Å²) in [6.45, 7) is 5.84. The van der Waals surface area contributed by atoms with Gasteiger partial charge in [-0.15, -0.1) is 0 Å². The number of esters is 1. The summed E-state index contributed by atoms with van der Waals surface area (Å²) in [5.74, 6) is -1.17. The first-order chi connectivity index (χ1) is 40.2. The molecule has 11 heteroatoms. The third-order valence-corrected chi connectivity index (χ3v) is 17.1. The molecule has 8 atom stereocenters. The molecule has 0 aliphatic carbocycles. The number of aliphatic hydroxyl groups excluding tert-OH is 5. The fourth-order valence-electron chi connectivity index (χ4n) is 11.5. The van der Waals surface area contributed by atoms with Crippen LogP contribution >= 0.6 is 0 Å². The molecule has 1 amide bonds. The number of nitrogens with one attached hydrogen (secondary N) is 1. The quantitative estimate of drug-likeness (QED) is 0.0195. The van der Waals surface area contributed by atoms with E-state index in [2.05, 4.69) is 38.2 Å². The minimum absolute atomic E-state index is 0.131. The van der Waals surface area contributed by atoms with E-state index in [9.17, 15) is 35.1 Å². The fraction of sp³-hybridized carbons (Fsp3) is 0.915. The second-order valence-electron chi connectivity index (χ2n) is 25.0. The molecule has 1 heterocycles. The van der Waals surface area contributed by atoms with Crippen LogP contribution in [-0.4, -0.2) is 99.6 Å². The average Bonchev–Trinajstić information content (AvgIpc) is 3.68. The lowest BCUT2D eigenvalue weighted by molar-refractivity contribution is -0.305. The Morgan fingerprint density at radius 1 is 0.463 bits per heavy atom. The molecule has 484 valence electrons. The SMILES string of the molecule is CCCCCCCC/C=C/CCCCCCCCCCCCCCC(O)C(=O)NC(COC1OC(CO)C(O)C(O)C1OC(=O)CCCCCCCCCCCCCCCCCCCCC)C(O)/C=C/CCCCCCCCCCCC. The Balaban J connectivity index is 2.57. The van der Waals surface area contributed by atoms with Gasteiger partial charge in [-0.25, -0.2) is 0 Å². The number of ether oxygens (including phenoxy) is 3. The van der Waals surface area contributed by atoms with Crippen molar-refractivity contribution in [3.63, 3.8) is 0 Å². The third-order valence-electron chi connectivity index (χ3n) is 17.1. The van der Waals surface area contributed by atoms with Crippen molar-refractivity contribution in [3.05, 3.63) is 24.3 Å². The summed E-state index contributed by atoms with van der Waals surface area (Å²) in [5, 5.41) is 57.2. The van der Waals surface area contributed by atoms with E-state index in [4.69, 9.17) is 14.2 Å². The van der Waals surface area contributed by atoms with Gasteiger partial charge in [0.1, 0.15) is 24.4 Å². The summed E-state index contributed by atoms with van der Waals surface area (Å²) < 4.78 is 17.7. The Hall–Kier alpha value is -1.86. The topological polar surface area (TPSA) is 175 Å². The highest BCUT2D eigenvalue weighted by Gasteiger charge is 2.47. The molecule has 0 aromatic heterocycles. The van der Waals surface area contributed by atoms with Gasteiger partial charge in [0.25, 0.3) is 0 Å². The number of carbonyl (C=O) groups excluding carboxylic acids is 2. The molecule has 1 saturated heterocycles. The predicted octanol–water partition coefficient (Wildman–Crippen LogP) is 18.0. The van der Waals surface area contributed by atoms with Gasteiger partial charge in [-0.05, 0) is 51.4 Å². The zero-order valence-electron chi connectivity index (χ0n) is 53.9. The molecule has 0 aromatic carbocycles. The van der Waals surface area contributed by atoms with Gasteiger partial charge in [-0.1, -0.05) is 321 Å². The lowest BCUT2D eigenvalue weighted by atomic mass is 9.99. The summed E-state index contributed by atoms with van der Waals surface area (Å²) in [5.41, 5.74) is 0. The molecule has 0 aromatic rings. The van der Waals surface area contributed by atoms with Crippen molar-refractivity contribution in [2.45, 2.75) is 404 Å². The highest BCUT2D eigenvalue weighted by molar-refractivity contribution is 5.80. The number of allylic oxidation sites excluding steroid dienone is 3. The molecule has 82 heavy (non-hydrogen) atoms. The van der Waals surface area contributed by atoms with Gasteiger partial charge in [0.2, 0.25) is 5.91 Å². The van der Waals surface area contributed by atoms with E-state index in [0.29, 0.717) is 19.3 Å². The van der Waals surface area contributed by atoms with E-state index in [0.717, 1.165) is 57.8 Å². The Labute approximate surface area is 505 Å². The van der Waals surface area contributed by atoms with Crippen molar-refractivity contribution in [2.75, 3.05) is 13.2 Å². The minimum Gasteiger partial charge on any atom is -0.454 e. The van der Waals surface area contributed by atoms with Gasteiger partial charge in [0.05, 0.1) is 25.4 Å². The molecular weight excluding hydrogens is 1030 g/mol. The molecule has 0 bridgehead atoms. The molecule has 11 nitrogen and oxygen atoms in total. The smallest absolute Gasteiger partial charge is 0.306 e. The monoisotopic (exact) mass is 1160 g/mol. The summed E-state index contributed by atoms with van der Waals surface area (Å²) >= 11 is 0. The van der Waals surface area contributed by atoms with E-state index in [-0.39, 0.29) is 13.0 Å². The maximum Gasteiger partial charge on any atom is 0.306 e. The number of rotatable bonds is 62. The van der Waals surface area contributed by atoms with Crippen LogP contribution in [0.2, 0.25) is 0 Å². The first-order valence-corrected chi connectivity index (χ1v) is 35.6. The maximum atomic E-state index is 13.5. The molecule has 6 N–H and O–H groups in total. The van der Waals surface area contributed by atoms with Crippen LogP contribution < -0.4 is 5.32 Å². The minimum atomic E-state index is -1.61. The van der Waals surface area contributed by atoms with Crippen LogP contribution in [0.4, 0.5) is 0 Å². The fourth-order valence-corrected chi connectivity index (χ4v) is 11.5. The molecule has 1 aliphatic rings. The van der Waals surface area contributed by atoms with Crippen LogP contribution in [0, 0.1) is 0 Å². The van der Waals surface area contributed by atoms with Crippen molar-refractivity contribution in [1.29, 1.82) is 0 Å². The third kappa shape index (κ3) is 46.4. The first kappa shape index (κ1) is 78.2. The molecule has 8 unspecified atom stereocenters. The van der Waals surface area contributed by atoms with E-state index < -0.39 is 67.4 Å². The van der Waals surface area contributed by atoms with Gasteiger partial charge in [-0.2, -0.15) is 0 Å². The van der Waals surface area contributed by atoms with Gasteiger partial charge in [0.15, 0.2) is 12.4 Å². The molecule has 0 saturated carbocycles. The largest absolute Gasteiger partial charge is 0.454 e. The average molecular weight is 1160 g/mol. The maximum absolute atomic E-state index is 13.5. The van der Waals surface area contributed by atoms with Gasteiger partial charge < -0.3 is 45.1 Å². The molecular formula is C71H135NO10. The summed E-state index contributed by atoms with van der Waals surface area (Å²) in [7, 11) is 0. The van der Waals surface area contributed by atoms with E-state index in [1.807, 2.05) is 6.08 Å². The second-order valence-corrected chi connectivity index (χ2v) is 25.0. The van der Waals surface area contributed by atoms with E-state index >= 15 is 0 Å². The van der Waals surface area contributed by atoms with Crippen molar-refractivity contribution in [2.24, 2.45) is 0 Å². The summed E-state index contributed by atoms with van der Waals surface area (Å²) in [4.78, 5) is 26.7. The Kier molecular flexibility index (Phi) is 56.7. The lowest BCUT2D eigenvalue weighted by Gasteiger charge is -2.41. The Morgan fingerprint density at radius 3 is 1.18 bits per heavy atom. The molecule has 0 radical (unpaired) electrons. The van der Waals surface area contributed by atoms with Crippen molar-refractivity contribution in [3.8, 4) is 0 Å². The zero-order chi connectivity index (χ0) is 59.6. The number of unbranched alkanes of at least 4 members (excludes halogenated alkanes) is 46. The van der Waals surface area contributed by atoms with E-state index in [1.54, 1.807) is 6.08 Å². The van der Waals surface area contributed by atoms with Gasteiger partial charge >= 0.3 is 5.97 Å². The highest BCUT2D eigenvalue weighted by atomic mass is 16.7. The molecule has 0 spiro atoms. The summed E-state index contributed by atoms with van der Waals surface area (Å²) in [6.07, 6.45) is 60.8. The number of carbonyl (C=O) groups is 2. The molecule has 1 aliphatic heterocycles. The second kappa shape index (κ2) is 59.5. The Morgan fingerprint density at radius 2 is 0.805 bits per heavy atom. The first-order valence-electron chi connectivity index (χ1n) is 35.6. The normalized spacial score (nSPS) is 18.7. The van der Waals surface area contributed by atoms with Crippen LogP contribution in [-0.2, 0) is 23.8 Å². The van der Waals surface area contributed by atoms with Gasteiger partial charge in [-0.3, -0.25) is 9.59 Å². The van der Waals surface area contributed by atoms with Crippen LogP contribution in [0.5, 0.6) is 0 Å². The Bertz CT molecular complexity index is 1430. The predicted molar refractivity (Wildman–Crippen MR) is 343 cm³/mol. The number of aliphatic hydroxyl groups is 5. The number of hydrogen-bond acceptors (Lipinski definition) is 10. The standard InChI is InChI=1S/C71H135NO10/c1-4-7-10-13-16-19-22-25-27-29-31-32-33-35-36-38-40-43-46-49-52-55-58-64(75)70(79)72-62(63(74)57-54-51-48-45-42-24-21-18-15-12-9-6-3)61-80-71-69(68(78)67(77)65(60-73)81-71)82-66(76)59-56-53-50-47-44-41-39-37-34-30-28-26-23-20-17-14-11-8-5-2/h25,27,54,57,62-65,67-69,71,73-75,77-78H,4-24,26,28-53,55-56,58-61H2,1-3H3,(H,72,79)/b27-25+,57-54+. The molecule has 1 fully saturated rings. The lowest BCUT2D eigenvalue weighted by Crippen LogP contribution is -2.61. The zero-order valence-corrected chi connectivity index (χ0v) is 53.9.